The van der Waals surface area contributed by atoms with E-state index in [1.54, 1.807) is 45.2 Å². The third-order valence-electron chi connectivity index (χ3n) is 2.53. The van der Waals surface area contributed by atoms with E-state index >= 15 is 0 Å². The molecule has 6 heteroatoms. The van der Waals surface area contributed by atoms with Gasteiger partial charge in [-0.25, -0.2) is 0 Å². The summed E-state index contributed by atoms with van der Waals surface area (Å²) in [5, 5.41) is 5.44. The molecule has 2 N–H and O–H groups in total. The number of ether oxygens (including phenoxy) is 1. The van der Waals surface area contributed by atoms with Gasteiger partial charge >= 0.3 is 0 Å². The van der Waals surface area contributed by atoms with Crippen molar-refractivity contribution in [3.05, 3.63) is 24.3 Å². The Labute approximate surface area is 127 Å². The molecule has 0 aromatic heterocycles. The zero-order valence-electron chi connectivity index (χ0n) is 11.8. The molecule has 0 radical (unpaired) electrons. The van der Waals surface area contributed by atoms with Gasteiger partial charge in [0.2, 0.25) is 11.8 Å². The Hall–Kier alpha value is -1.56. The van der Waals surface area contributed by atoms with Crippen LogP contribution in [0.5, 0.6) is 5.75 Å². The molecule has 0 spiro atoms. The minimum absolute atomic E-state index is 0.147. The number of carbonyl (C=O) groups excluding carboxylic acids is 2. The molecule has 2 amide bonds. The monoisotopic (exact) mass is 342 g/mol. The molecule has 0 saturated carbocycles. The van der Waals surface area contributed by atoms with Gasteiger partial charge in [-0.3, -0.25) is 9.59 Å². The highest BCUT2D eigenvalue weighted by molar-refractivity contribution is 9.10. The average molecular weight is 343 g/mol. The lowest BCUT2D eigenvalue weighted by Crippen LogP contribution is -2.38. The van der Waals surface area contributed by atoms with E-state index in [0.29, 0.717) is 18.0 Å². The molecule has 0 atom stereocenters. The van der Waals surface area contributed by atoms with Crippen molar-refractivity contribution in [3.63, 3.8) is 0 Å². The van der Waals surface area contributed by atoms with Crippen LogP contribution in [0.3, 0.4) is 0 Å². The van der Waals surface area contributed by atoms with E-state index in [1.165, 1.54) is 0 Å². The molecule has 0 aliphatic carbocycles. The molecule has 20 heavy (non-hydrogen) atoms. The summed E-state index contributed by atoms with van der Waals surface area (Å²) in [5.74, 6) is 0.370. The van der Waals surface area contributed by atoms with Gasteiger partial charge < -0.3 is 15.4 Å². The number of nitrogens with one attached hydrogen (secondary N) is 2. The van der Waals surface area contributed by atoms with Crippen LogP contribution in [0, 0.1) is 0 Å². The van der Waals surface area contributed by atoms with E-state index in [1.807, 2.05) is 0 Å². The third kappa shape index (κ3) is 5.61. The van der Waals surface area contributed by atoms with Gasteiger partial charge in [0.25, 0.3) is 0 Å². The second-order valence-corrected chi connectivity index (χ2v) is 6.74. The first-order valence-electron chi connectivity index (χ1n) is 6.24. The maximum atomic E-state index is 11.7. The summed E-state index contributed by atoms with van der Waals surface area (Å²) in [6.45, 7) is 3.79. The summed E-state index contributed by atoms with van der Waals surface area (Å²) < 4.78 is 4.44. The summed E-state index contributed by atoms with van der Waals surface area (Å²) in [6.07, 6.45) is 0.214. The molecule has 1 rings (SSSR count). The maximum absolute atomic E-state index is 11.7. The number of hydrogen-bond acceptors (Lipinski definition) is 3. The Kier molecular flexibility index (Phi) is 6.01. The molecular weight excluding hydrogens is 324 g/mol. The molecule has 5 nitrogen and oxygen atoms in total. The first kappa shape index (κ1) is 16.5. The number of benzene rings is 1. The van der Waals surface area contributed by atoms with Crippen molar-refractivity contribution >= 4 is 33.4 Å². The van der Waals surface area contributed by atoms with Gasteiger partial charge in [-0.2, -0.15) is 0 Å². The first-order chi connectivity index (χ1) is 9.32. The molecule has 0 aliphatic rings. The van der Waals surface area contributed by atoms with Crippen molar-refractivity contribution < 1.29 is 14.3 Å². The maximum Gasteiger partial charge on any atom is 0.236 e. The molecule has 0 saturated heterocycles. The molecule has 110 valence electrons. The van der Waals surface area contributed by atoms with Crippen LogP contribution >= 0.6 is 15.9 Å². The topological polar surface area (TPSA) is 67.4 Å². The summed E-state index contributed by atoms with van der Waals surface area (Å²) in [6, 6.07) is 7.11. The number of halogens is 1. The quantitative estimate of drug-likeness (QED) is 0.779. The molecule has 0 aliphatic heterocycles. The van der Waals surface area contributed by atoms with Crippen LogP contribution < -0.4 is 15.4 Å². The summed E-state index contributed by atoms with van der Waals surface area (Å²) in [7, 11) is 1.57. The number of amides is 2. The Balaban J connectivity index is 2.39. The second-order valence-electron chi connectivity index (χ2n) is 4.76. The van der Waals surface area contributed by atoms with Crippen molar-refractivity contribution in [3.8, 4) is 5.75 Å². The summed E-state index contributed by atoms with van der Waals surface area (Å²) in [5.41, 5.74) is 0.668. The van der Waals surface area contributed by atoms with Gasteiger partial charge in [-0.15, -0.1) is 0 Å². The number of hydrogen-bond donors (Lipinski definition) is 2. The highest BCUT2D eigenvalue weighted by Crippen LogP contribution is 2.17. The van der Waals surface area contributed by atoms with E-state index in [4.69, 9.17) is 4.74 Å². The Morgan fingerprint density at radius 1 is 1.35 bits per heavy atom. The van der Waals surface area contributed by atoms with E-state index in [2.05, 4.69) is 26.6 Å². The minimum atomic E-state index is -0.629. The van der Waals surface area contributed by atoms with Gasteiger partial charge in [0.1, 0.15) is 5.75 Å². The fraction of sp³-hybridized carbons (Fsp3) is 0.429. The van der Waals surface area contributed by atoms with Crippen molar-refractivity contribution in [2.45, 2.75) is 24.6 Å². The number of anilines is 1. The third-order valence-corrected chi connectivity index (χ3v) is 2.89. The van der Waals surface area contributed by atoms with Crippen LogP contribution in [0.15, 0.2) is 24.3 Å². The van der Waals surface area contributed by atoms with Crippen LogP contribution in [0.25, 0.3) is 0 Å². The smallest absolute Gasteiger partial charge is 0.236 e. The van der Waals surface area contributed by atoms with E-state index in [-0.39, 0.29) is 18.2 Å². The Morgan fingerprint density at radius 2 is 2.05 bits per heavy atom. The SMILES string of the molecule is COc1cccc(NC(=O)CCNC(=O)C(C)(C)Br)c1. The molecule has 0 heterocycles. The van der Waals surface area contributed by atoms with Gasteiger partial charge in [0.05, 0.1) is 11.4 Å². The van der Waals surface area contributed by atoms with Crippen LogP contribution in [0.4, 0.5) is 5.69 Å². The van der Waals surface area contributed by atoms with Crippen molar-refractivity contribution in [2.75, 3.05) is 19.0 Å². The molecule has 0 fully saturated rings. The van der Waals surface area contributed by atoms with E-state index in [9.17, 15) is 9.59 Å². The van der Waals surface area contributed by atoms with Crippen molar-refractivity contribution in [1.29, 1.82) is 0 Å². The van der Waals surface area contributed by atoms with E-state index in [0.717, 1.165) is 0 Å². The molecule has 0 bridgehead atoms. The second kappa shape index (κ2) is 7.28. The first-order valence-corrected chi connectivity index (χ1v) is 7.03. The summed E-state index contributed by atoms with van der Waals surface area (Å²) in [4.78, 5) is 23.3. The number of alkyl halides is 1. The fourth-order valence-corrected chi connectivity index (χ4v) is 1.56. The predicted molar refractivity (Wildman–Crippen MR) is 82.3 cm³/mol. The van der Waals surface area contributed by atoms with Gasteiger partial charge in [-0.05, 0) is 26.0 Å². The fourth-order valence-electron chi connectivity index (χ4n) is 1.42. The highest BCUT2D eigenvalue weighted by atomic mass is 79.9. The van der Waals surface area contributed by atoms with Crippen molar-refractivity contribution in [1.82, 2.24) is 5.32 Å². The molecular formula is C14H19BrN2O3. The zero-order chi connectivity index (χ0) is 15.2. The van der Waals surface area contributed by atoms with Gasteiger partial charge in [-0.1, -0.05) is 22.0 Å². The average Bonchev–Trinajstić information content (AvgIpc) is 2.37. The standard InChI is InChI=1S/C14H19BrN2O3/c1-14(2,15)13(19)16-8-7-12(18)17-10-5-4-6-11(9-10)20-3/h4-6,9H,7-8H2,1-3H3,(H,16,19)(H,17,18). The zero-order valence-corrected chi connectivity index (χ0v) is 13.4. The normalized spacial score (nSPS) is 10.8. The largest absolute Gasteiger partial charge is 0.497 e. The molecule has 1 aromatic rings. The van der Waals surface area contributed by atoms with Gasteiger partial charge in [0, 0.05) is 24.7 Å². The minimum Gasteiger partial charge on any atom is -0.497 e. The lowest BCUT2D eigenvalue weighted by atomic mass is 10.2. The Bertz CT molecular complexity index is 484. The number of carbonyl (C=O) groups is 2. The van der Waals surface area contributed by atoms with Crippen LogP contribution in [0.1, 0.15) is 20.3 Å². The van der Waals surface area contributed by atoms with Crippen LogP contribution in [-0.2, 0) is 9.59 Å². The lowest BCUT2D eigenvalue weighted by Gasteiger charge is -2.15. The van der Waals surface area contributed by atoms with Crippen LogP contribution in [-0.4, -0.2) is 29.8 Å². The Morgan fingerprint density at radius 3 is 2.65 bits per heavy atom. The summed E-state index contributed by atoms with van der Waals surface area (Å²) >= 11 is 3.25. The van der Waals surface area contributed by atoms with Gasteiger partial charge in [0.15, 0.2) is 0 Å². The molecule has 0 unspecified atom stereocenters. The molecule has 1 aromatic carbocycles. The van der Waals surface area contributed by atoms with Crippen LogP contribution in [0.2, 0.25) is 0 Å². The van der Waals surface area contributed by atoms with Crippen molar-refractivity contribution in [2.24, 2.45) is 0 Å². The van der Waals surface area contributed by atoms with E-state index < -0.39 is 4.32 Å². The lowest BCUT2D eigenvalue weighted by molar-refractivity contribution is -0.122. The number of rotatable bonds is 6. The highest BCUT2D eigenvalue weighted by Gasteiger charge is 2.22. The number of methoxy groups -OCH3 is 1. The predicted octanol–water partition coefficient (Wildman–Crippen LogP) is 2.31.